The molecule has 0 aromatic rings. The molecule has 0 saturated carbocycles. The number of hydrogen-bond acceptors (Lipinski definition) is 1. The lowest BCUT2D eigenvalue weighted by Gasteiger charge is -2.32. The Morgan fingerprint density at radius 3 is 1.81 bits per heavy atom. The van der Waals surface area contributed by atoms with Gasteiger partial charge in [-0.3, -0.25) is 4.79 Å². The number of rotatable bonds is 14. The molecule has 0 aliphatic heterocycles. The number of amides is 1. The second kappa shape index (κ2) is 14.4. The van der Waals surface area contributed by atoms with Crippen LogP contribution in [-0.2, 0) is 4.79 Å². The first-order chi connectivity index (χ1) is 10.2. The van der Waals surface area contributed by atoms with Gasteiger partial charge in [-0.15, -0.1) is 0 Å². The first kappa shape index (κ1) is 20.5. The molecule has 0 rings (SSSR count). The fourth-order valence-corrected chi connectivity index (χ4v) is 2.91. The molecule has 2 nitrogen and oxygen atoms in total. The Morgan fingerprint density at radius 2 is 1.33 bits per heavy atom. The number of carbonyl (C=O) groups is 1. The van der Waals surface area contributed by atoms with Crippen molar-refractivity contribution in [3.63, 3.8) is 0 Å². The smallest absolute Gasteiger partial charge is 0.222 e. The normalized spacial score (nSPS) is 11.1. The van der Waals surface area contributed by atoms with E-state index in [2.05, 4.69) is 32.6 Å². The van der Waals surface area contributed by atoms with Crippen LogP contribution in [0.3, 0.4) is 0 Å². The molecule has 0 radical (unpaired) electrons. The van der Waals surface area contributed by atoms with Crippen LogP contribution in [0.15, 0.2) is 0 Å². The number of carbonyl (C=O) groups excluding carboxylic acids is 1. The third kappa shape index (κ3) is 9.92. The van der Waals surface area contributed by atoms with Gasteiger partial charge in [0, 0.05) is 19.0 Å². The van der Waals surface area contributed by atoms with Crippen LogP contribution >= 0.6 is 0 Å². The van der Waals surface area contributed by atoms with Crippen LogP contribution in [0.25, 0.3) is 0 Å². The minimum atomic E-state index is 0.395. The van der Waals surface area contributed by atoms with Crippen LogP contribution in [0.4, 0.5) is 0 Å². The molecule has 0 aliphatic rings. The van der Waals surface area contributed by atoms with Crippen molar-refractivity contribution in [1.82, 2.24) is 4.90 Å². The van der Waals surface area contributed by atoms with Crippen molar-refractivity contribution in [1.29, 1.82) is 0 Å². The largest absolute Gasteiger partial charge is 0.340 e. The highest BCUT2D eigenvalue weighted by Gasteiger charge is 2.21. The van der Waals surface area contributed by atoms with E-state index in [0.717, 1.165) is 19.4 Å². The number of hydrogen-bond donors (Lipinski definition) is 0. The van der Waals surface area contributed by atoms with Crippen molar-refractivity contribution in [2.24, 2.45) is 0 Å². The van der Waals surface area contributed by atoms with Crippen LogP contribution in [0.5, 0.6) is 0 Å². The summed E-state index contributed by atoms with van der Waals surface area (Å²) in [6.45, 7) is 9.83. The molecular formula is C19H39NO. The lowest BCUT2D eigenvalue weighted by molar-refractivity contribution is -0.134. The molecule has 0 heterocycles. The molecule has 0 bridgehead atoms. The minimum Gasteiger partial charge on any atom is -0.340 e. The molecule has 1 amide bonds. The molecule has 0 aromatic carbocycles. The monoisotopic (exact) mass is 297 g/mol. The maximum Gasteiger partial charge on any atom is 0.222 e. The molecule has 0 spiro atoms. The Labute approximate surface area is 133 Å². The molecule has 2 heteroatoms. The van der Waals surface area contributed by atoms with Crippen molar-refractivity contribution in [2.45, 2.75) is 111 Å². The third-order valence-electron chi connectivity index (χ3n) is 4.26. The van der Waals surface area contributed by atoms with Crippen LogP contribution < -0.4 is 0 Å². The van der Waals surface area contributed by atoms with Gasteiger partial charge >= 0.3 is 0 Å². The number of nitrogens with zero attached hydrogens (tertiary/aromatic N) is 1. The van der Waals surface area contributed by atoms with Gasteiger partial charge in [-0.1, -0.05) is 72.6 Å². The van der Waals surface area contributed by atoms with Crippen molar-refractivity contribution in [3.05, 3.63) is 0 Å². The molecule has 126 valence electrons. The van der Waals surface area contributed by atoms with Gasteiger partial charge in [0.1, 0.15) is 0 Å². The second-order valence-electron chi connectivity index (χ2n) is 6.34. The standard InChI is InChI=1S/C19H39NO/c1-5-9-12-13-17-20(19(21)14-8-4)18(15-10-6-2)16-11-7-3/h18H,5-17H2,1-4H3. The van der Waals surface area contributed by atoms with Gasteiger partial charge in [0.15, 0.2) is 0 Å². The zero-order valence-corrected chi connectivity index (χ0v) is 15.1. The summed E-state index contributed by atoms with van der Waals surface area (Å²) in [5, 5.41) is 0. The SMILES string of the molecule is CCCCCCN(C(=O)CCC)C(CCCC)CCCC. The van der Waals surface area contributed by atoms with Crippen molar-refractivity contribution >= 4 is 5.91 Å². The molecule has 0 N–H and O–H groups in total. The molecule has 21 heavy (non-hydrogen) atoms. The van der Waals surface area contributed by atoms with Crippen LogP contribution in [0.1, 0.15) is 105 Å². The van der Waals surface area contributed by atoms with E-state index < -0.39 is 0 Å². The molecular weight excluding hydrogens is 258 g/mol. The lowest BCUT2D eigenvalue weighted by Crippen LogP contribution is -2.41. The van der Waals surface area contributed by atoms with Gasteiger partial charge in [0.25, 0.3) is 0 Å². The minimum absolute atomic E-state index is 0.395. The molecule has 0 aromatic heterocycles. The van der Waals surface area contributed by atoms with Crippen molar-refractivity contribution < 1.29 is 4.79 Å². The number of unbranched alkanes of at least 4 members (excludes halogenated alkanes) is 5. The Morgan fingerprint density at radius 1 is 0.762 bits per heavy atom. The van der Waals surface area contributed by atoms with E-state index >= 15 is 0 Å². The van der Waals surface area contributed by atoms with E-state index in [9.17, 15) is 4.79 Å². The molecule has 0 fully saturated rings. The average molecular weight is 298 g/mol. The Hall–Kier alpha value is -0.530. The maximum absolute atomic E-state index is 12.5. The lowest BCUT2D eigenvalue weighted by atomic mass is 10.0. The fraction of sp³-hybridized carbons (Fsp3) is 0.947. The summed E-state index contributed by atoms with van der Waals surface area (Å²) in [6, 6.07) is 0.491. The molecule has 0 unspecified atom stereocenters. The molecule has 0 saturated heterocycles. The summed E-state index contributed by atoms with van der Waals surface area (Å²) in [5.41, 5.74) is 0. The topological polar surface area (TPSA) is 20.3 Å². The first-order valence-electron chi connectivity index (χ1n) is 9.50. The first-order valence-corrected chi connectivity index (χ1v) is 9.50. The van der Waals surface area contributed by atoms with Crippen molar-refractivity contribution in [2.75, 3.05) is 6.54 Å². The summed E-state index contributed by atoms with van der Waals surface area (Å²) < 4.78 is 0. The van der Waals surface area contributed by atoms with Crippen LogP contribution in [0.2, 0.25) is 0 Å². The zero-order chi connectivity index (χ0) is 15.9. The third-order valence-corrected chi connectivity index (χ3v) is 4.26. The highest BCUT2D eigenvalue weighted by molar-refractivity contribution is 5.76. The summed E-state index contributed by atoms with van der Waals surface area (Å²) in [6.07, 6.45) is 14.0. The van der Waals surface area contributed by atoms with Crippen molar-refractivity contribution in [3.8, 4) is 0 Å². The Balaban J connectivity index is 4.60. The van der Waals surface area contributed by atoms with Gasteiger partial charge in [-0.2, -0.15) is 0 Å². The van der Waals surface area contributed by atoms with Gasteiger partial charge in [0.2, 0.25) is 5.91 Å². The molecule has 0 atom stereocenters. The summed E-state index contributed by atoms with van der Waals surface area (Å²) in [7, 11) is 0. The highest BCUT2D eigenvalue weighted by Crippen LogP contribution is 2.18. The predicted molar refractivity (Wildman–Crippen MR) is 93.6 cm³/mol. The van der Waals surface area contributed by atoms with E-state index in [4.69, 9.17) is 0 Å². The van der Waals surface area contributed by atoms with E-state index in [0.29, 0.717) is 11.9 Å². The maximum atomic E-state index is 12.5. The highest BCUT2D eigenvalue weighted by atomic mass is 16.2. The van der Waals surface area contributed by atoms with Gasteiger partial charge < -0.3 is 4.90 Å². The quantitative estimate of drug-likeness (QED) is 0.363. The van der Waals surface area contributed by atoms with Crippen LogP contribution in [0, 0.1) is 0 Å². The average Bonchev–Trinajstić information content (AvgIpc) is 2.48. The summed E-state index contributed by atoms with van der Waals surface area (Å²) >= 11 is 0. The van der Waals surface area contributed by atoms with E-state index in [1.165, 1.54) is 64.2 Å². The fourth-order valence-electron chi connectivity index (χ4n) is 2.91. The van der Waals surface area contributed by atoms with E-state index in [-0.39, 0.29) is 0 Å². The van der Waals surface area contributed by atoms with Gasteiger partial charge in [0.05, 0.1) is 0 Å². The Kier molecular flexibility index (Phi) is 14.0. The van der Waals surface area contributed by atoms with E-state index in [1.807, 2.05) is 0 Å². The van der Waals surface area contributed by atoms with Crippen LogP contribution in [-0.4, -0.2) is 23.4 Å². The summed E-state index contributed by atoms with van der Waals surface area (Å²) in [4.78, 5) is 14.7. The van der Waals surface area contributed by atoms with Gasteiger partial charge in [-0.05, 0) is 25.7 Å². The second-order valence-corrected chi connectivity index (χ2v) is 6.34. The summed E-state index contributed by atoms with van der Waals surface area (Å²) in [5.74, 6) is 0.395. The molecule has 0 aliphatic carbocycles. The zero-order valence-electron chi connectivity index (χ0n) is 15.1. The Bertz CT molecular complexity index is 232. The van der Waals surface area contributed by atoms with E-state index in [1.54, 1.807) is 0 Å². The predicted octanol–water partition coefficient (Wildman–Crippen LogP) is 5.94. The van der Waals surface area contributed by atoms with Gasteiger partial charge in [-0.25, -0.2) is 0 Å².